The Morgan fingerprint density at radius 2 is 1.27 bits per heavy atom. The third kappa shape index (κ3) is 5.89. The van der Waals surface area contributed by atoms with Crippen molar-refractivity contribution in [2.24, 2.45) is 5.92 Å². The molecule has 0 spiro atoms. The average Bonchev–Trinajstić information content (AvgIpc) is 2.87. The van der Waals surface area contributed by atoms with E-state index >= 15 is 0 Å². The molecule has 1 unspecified atom stereocenters. The van der Waals surface area contributed by atoms with Crippen molar-refractivity contribution >= 4 is 14.2 Å². The molecule has 4 nitrogen and oxygen atoms in total. The standard InChI is InChI=1S/C28H52N2O2Si/c1-3-32-28(31)24(2)22-29-20-13-21-30(23-29)33(25-14-7-4-8-15-25,26-16-9-5-10-17-26)27-18-11-6-12-19-27/h24-27H,3-23H2,1-2H3. The lowest BCUT2D eigenvalue weighted by Crippen LogP contribution is -2.67. The molecule has 0 radical (unpaired) electrons. The van der Waals surface area contributed by atoms with Gasteiger partial charge >= 0.3 is 5.97 Å². The van der Waals surface area contributed by atoms with Crippen molar-refractivity contribution < 1.29 is 9.53 Å². The van der Waals surface area contributed by atoms with Crippen molar-refractivity contribution in [3.8, 4) is 0 Å². The molecule has 1 saturated heterocycles. The number of carbonyl (C=O) groups excluding carboxylic acids is 1. The van der Waals surface area contributed by atoms with Crippen LogP contribution >= 0.6 is 0 Å². The Hall–Kier alpha value is -0.393. The van der Waals surface area contributed by atoms with E-state index in [-0.39, 0.29) is 11.9 Å². The molecule has 4 fully saturated rings. The number of hydrogen-bond donors (Lipinski definition) is 0. The fraction of sp³-hybridized carbons (Fsp3) is 0.964. The van der Waals surface area contributed by atoms with Gasteiger partial charge in [-0.1, -0.05) is 103 Å². The van der Waals surface area contributed by atoms with Crippen LogP contribution in [-0.2, 0) is 9.53 Å². The van der Waals surface area contributed by atoms with Crippen LogP contribution in [0.1, 0.15) is 117 Å². The van der Waals surface area contributed by atoms with Crippen LogP contribution in [0.2, 0.25) is 16.6 Å². The molecule has 0 aromatic heterocycles. The fourth-order valence-corrected chi connectivity index (χ4v) is 17.1. The third-order valence-corrected chi connectivity index (χ3v) is 16.9. The molecule has 1 atom stereocenters. The average molecular weight is 477 g/mol. The predicted octanol–water partition coefficient (Wildman–Crippen LogP) is 7.10. The van der Waals surface area contributed by atoms with Crippen molar-refractivity contribution in [3.05, 3.63) is 0 Å². The number of ether oxygens (including phenoxy) is 1. The zero-order chi connectivity index (χ0) is 23.1. The van der Waals surface area contributed by atoms with Gasteiger partial charge in [0.05, 0.1) is 12.5 Å². The van der Waals surface area contributed by atoms with Gasteiger partial charge in [-0.3, -0.25) is 9.69 Å². The number of carbonyl (C=O) groups is 1. The molecule has 0 N–H and O–H groups in total. The van der Waals surface area contributed by atoms with Crippen LogP contribution in [0.4, 0.5) is 0 Å². The normalized spacial score (nSPS) is 26.8. The predicted molar refractivity (Wildman–Crippen MR) is 140 cm³/mol. The van der Waals surface area contributed by atoms with E-state index in [2.05, 4.69) is 16.4 Å². The second-order valence-electron chi connectivity index (χ2n) is 11.9. The van der Waals surface area contributed by atoms with E-state index in [0.717, 1.165) is 36.4 Å². The van der Waals surface area contributed by atoms with Crippen molar-refractivity contribution in [2.45, 2.75) is 133 Å². The summed E-state index contributed by atoms with van der Waals surface area (Å²) in [7, 11) is -1.65. The van der Waals surface area contributed by atoms with Crippen LogP contribution in [0.25, 0.3) is 0 Å². The number of nitrogens with zero attached hydrogens (tertiary/aromatic N) is 2. The summed E-state index contributed by atoms with van der Waals surface area (Å²) in [5, 5.41) is 0. The van der Waals surface area contributed by atoms with Gasteiger partial charge in [0.1, 0.15) is 8.24 Å². The van der Waals surface area contributed by atoms with Gasteiger partial charge in [0.25, 0.3) is 0 Å². The minimum atomic E-state index is -1.65. The van der Waals surface area contributed by atoms with E-state index in [1.807, 2.05) is 6.92 Å². The molecule has 1 heterocycles. The first-order chi connectivity index (χ1) is 16.2. The highest BCUT2D eigenvalue weighted by Gasteiger charge is 2.57. The van der Waals surface area contributed by atoms with E-state index < -0.39 is 8.24 Å². The molecule has 0 aromatic carbocycles. The summed E-state index contributed by atoms with van der Waals surface area (Å²) in [4.78, 5) is 15.0. The monoisotopic (exact) mass is 476 g/mol. The number of rotatable bonds is 8. The lowest BCUT2D eigenvalue weighted by Gasteiger charge is -2.60. The van der Waals surface area contributed by atoms with Gasteiger partial charge in [-0.15, -0.1) is 0 Å². The molecule has 1 aliphatic heterocycles. The third-order valence-electron chi connectivity index (χ3n) is 9.82. The highest BCUT2D eigenvalue weighted by Crippen LogP contribution is 2.58. The van der Waals surface area contributed by atoms with Gasteiger partial charge < -0.3 is 9.30 Å². The Morgan fingerprint density at radius 1 is 0.788 bits per heavy atom. The van der Waals surface area contributed by atoms with E-state index in [4.69, 9.17) is 4.74 Å². The molecule has 0 aromatic rings. The molecule has 5 heteroatoms. The fourth-order valence-electron chi connectivity index (χ4n) is 8.55. The Labute approximate surface area is 205 Å². The topological polar surface area (TPSA) is 32.8 Å². The Kier molecular flexibility index (Phi) is 9.76. The quantitative estimate of drug-likeness (QED) is 0.276. The number of hydrogen-bond acceptors (Lipinski definition) is 4. The first kappa shape index (κ1) is 25.7. The van der Waals surface area contributed by atoms with Crippen LogP contribution < -0.4 is 0 Å². The second kappa shape index (κ2) is 12.5. The smallest absolute Gasteiger partial charge is 0.309 e. The zero-order valence-electron chi connectivity index (χ0n) is 21.9. The van der Waals surface area contributed by atoms with Gasteiger partial charge in [0.2, 0.25) is 0 Å². The molecule has 190 valence electrons. The molecule has 4 rings (SSSR count). The lowest BCUT2D eigenvalue weighted by atomic mass is 9.98. The largest absolute Gasteiger partial charge is 0.466 e. The number of esters is 1. The zero-order valence-corrected chi connectivity index (χ0v) is 22.9. The minimum absolute atomic E-state index is 0.00928. The van der Waals surface area contributed by atoms with Crippen molar-refractivity contribution in [1.29, 1.82) is 0 Å². The highest BCUT2D eigenvalue weighted by molar-refractivity contribution is 6.81. The Balaban J connectivity index is 1.61. The van der Waals surface area contributed by atoms with Crippen molar-refractivity contribution in [3.63, 3.8) is 0 Å². The lowest BCUT2D eigenvalue weighted by molar-refractivity contribution is -0.148. The summed E-state index contributed by atoms with van der Waals surface area (Å²) >= 11 is 0. The molecule has 3 aliphatic carbocycles. The summed E-state index contributed by atoms with van der Waals surface area (Å²) in [6.45, 7) is 9.00. The van der Waals surface area contributed by atoms with E-state index in [9.17, 15) is 4.79 Å². The SMILES string of the molecule is CCOC(=O)C(C)CN1CCCN([Si](C2CCCCC2)(C2CCCCC2)C2CCCCC2)C1. The van der Waals surface area contributed by atoms with Crippen LogP contribution in [0.3, 0.4) is 0 Å². The molecular weight excluding hydrogens is 424 g/mol. The van der Waals surface area contributed by atoms with Crippen LogP contribution in [0.15, 0.2) is 0 Å². The minimum Gasteiger partial charge on any atom is -0.466 e. The highest BCUT2D eigenvalue weighted by atomic mass is 28.3. The maximum absolute atomic E-state index is 12.4. The van der Waals surface area contributed by atoms with Crippen molar-refractivity contribution in [2.75, 3.05) is 32.9 Å². The maximum atomic E-state index is 12.4. The second-order valence-corrected chi connectivity index (χ2v) is 16.7. The molecular formula is C28H52N2O2Si. The molecule has 33 heavy (non-hydrogen) atoms. The first-order valence-corrected chi connectivity index (χ1v) is 17.0. The summed E-state index contributed by atoms with van der Waals surface area (Å²) in [5.74, 6) is -0.0232. The van der Waals surface area contributed by atoms with E-state index in [1.54, 1.807) is 0 Å². The van der Waals surface area contributed by atoms with Gasteiger partial charge in [0, 0.05) is 19.8 Å². The first-order valence-electron chi connectivity index (χ1n) is 14.8. The van der Waals surface area contributed by atoms with E-state index in [0.29, 0.717) is 6.61 Å². The molecule has 0 amide bonds. The van der Waals surface area contributed by atoms with Crippen molar-refractivity contribution in [1.82, 2.24) is 9.47 Å². The molecule has 0 bridgehead atoms. The summed E-state index contributed by atoms with van der Waals surface area (Å²) in [5.41, 5.74) is 3.08. The maximum Gasteiger partial charge on any atom is 0.309 e. The summed E-state index contributed by atoms with van der Waals surface area (Å²) < 4.78 is 8.53. The Bertz CT molecular complexity index is 551. The molecule has 4 aliphatic rings. The van der Waals surface area contributed by atoms with Gasteiger partial charge in [-0.25, -0.2) is 0 Å². The van der Waals surface area contributed by atoms with Crippen LogP contribution in [0, 0.1) is 5.92 Å². The van der Waals surface area contributed by atoms with Crippen LogP contribution in [-0.4, -0.2) is 56.6 Å². The van der Waals surface area contributed by atoms with Crippen LogP contribution in [0.5, 0.6) is 0 Å². The summed E-state index contributed by atoms with van der Waals surface area (Å²) in [6.07, 6.45) is 23.7. The molecule has 3 saturated carbocycles. The van der Waals surface area contributed by atoms with Gasteiger partial charge in [-0.2, -0.15) is 0 Å². The van der Waals surface area contributed by atoms with Gasteiger partial charge in [-0.05, 0) is 36.5 Å². The van der Waals surface area contributed by atoms with Gasteiger partial charge in [0.15, 0.2) is 0 Å². The van der Waals surface area contributed by atoms with E-state index in [1.165, 1.54) is 109 Å². The Morgan fingerprint density at radius 3 is 1.73 bits per heavy atom. The summed E-state index contributed by atoms with van der Waals surface area (Å²) in [6, 6.07) is 0.